The molecular formula is C17H14ClN3OS. The molecule has 4 nitrogen and oxygen atoms in total. The zero-order chi connectivity index (χ0) is 16.1. The molecule has 1 amide bonds. The lowest BCUT2D eigenvalue weighted by Crippen LogP contribution is -2.24. The van der Waals surface area contributed by atoms with Crippen molar-refractivity contribution < 1.29 is 4.79 Å². The van der Waals surface area contributed by atoms with Gasteiger partial charge >= 0.3 is 0 Å². The van der Waals surface area contributed by atoms with Crippen molar-refractivity contribution in [1.82, 2.24) is 15.3 Å². The number of hydrogen-bond donors (Lipinski definition) is 1. The Morgan fingerprint density at radius 2 is 1.83 bits per heavy atom. The Bertz CT molecular complexity index is 787. The number of halogens is 1. The van der Waals surface area contributed by atoms with Crippen LogP contribution in [-0.4, -0.2) is 22.4 Å². The molecule has 0 saturated heterocycles. The van der Waals surface area contributed by atoms with Gasteiger partial charge in [-0.3, -0.25) is 4.79 Å². The summed E-state index contributed by atoms with van der Waals surface area (Å²) in [6.07, 6.45) is 4.27. The fourth-order valence-corrected chi connectivity index (χ4v) is 3.02. The first kappa shape index (κ1) is 15.6. The van der Waals surface area contributed by atoms with Crippen LogP contribution in [0.4, 0.5) is 0 Å². The van der Waals surface area contributed by atoms with Gasteiger partial charge in [0.1, 0.15) is 0 Å². The number of rotatable bonds is 5. The van der Waals surface area contributed by atoms with Gasteiger partial charge in [-0.25, -0.2) is 9.97 Å². The van der Waals surface area contributed by atoms with Gasteiger partial charge in [0.05, 0.1) is 9.21 Å². The van der Waals surface area contributed by atoms with Gasteiger partial charge in [0.15, 0.2) is 5.82 Å². The van der Waals surface area contributed by atoms with E-state index in [1.165, 1.54) is 11.3 Å². The molecule has 0 bridgehead atoms. The Morgan fingerprint density at radius 3 is 2.48 bits per heavy atom. The third kappa shape index (κ3) is 4.15. The molecule has 0 radical (unpaired) electrons. The van der Waals surface area contributed by atoms with Gasteiger partial charge in [-0.05, 0) is 24.1 Å². The fourth-order valence-electron chi connectivity index (χ4n) is 2.06. The van der Waals surface area contributed by atoms with Crippen molar-refractivity contribution in [3.8, 4) is 11.4 Å². The molecule has 1 N–H and O–H groups in total. The van der Waals surface area contributed by atoms with Crippen LogP contribution in [0.5, 0.6) is 0 Å². The van der Waals surface area contributed by atoms with E-state index in [9.17, 15) is 4.79 Å². The van der Waals surface area contributed by atoms with E-state index in [0.29, 0.717) is 28.0 Å². The van der Waals surface area contributed by atoms with Crippen LogP contribution < -0.4 is 5.32 Å². The predicted octanol–water partition coefficient (Wildman–Crippen LogP) is 3.83. The van der Waals surface area contributed by atoms with Crippen molar-refractivity contribution >= 4 is 28.8 Å². The van der Waals surface area contributed by atoms with E-state index in [0.717, 1.165) is 11.1 Å². The molecular weight excluding hydrogens is 330 g/mol. The standard InChI is InChI=1S/C17H14ClN3OS/c18-15-7-6-14(23-15)17(22)19-9-8-12-10-20-16(21-11-12)13-4-2-1-3-5-13/h1-7,10-11H,8-9H2,(H,19,22). The smallest absolute Gasteiger partial charge is 0.261 e. The third-order valence-corrected chi connectivity index (χ3v) is 4.46. The second-order valence-electron chi connectivity index (χ2n) is 4.89. The van der Waals surface area contributed by atoms with Gasteiger partial charge in [0, 0.05) is 24.5 Å². The summed E-state index contributed by atoms with van der Waals surface area (Å²) in [5.74, 6) is 0.593. The SMILES string of the molecule is O=C(NCCc1cnc(-c2ccccc2)nc1)c1ccc(Cl)s1. The zero-order valence-corrected chi connectivity index (χ0v) is 13.8. The van der Waals surface area contributed by atoms with Crippen LogP contribution in [0.15, 0.2) is 54.9 Å². The Labute approximate surface area is 143 Å². The highest BCUT2D eigenvalue weighted by Gasteiger charge is 2.08. The maximum absolute atomic E-state index is 11.9. The molecule has 0 unspecified atom stereocenters. The van der Waals surface area contributed by atoms with Crippen molar-refractivity contribution in [1.29, 1.82) is 0 Å². The maximum Gasteiger partial charge on any atom is 0.261 e. The van der Waals surface area contributed by atoms with E-state index in [4.69, 9.17) is 11.6 Å². The van der Waals surface area contributed by atoms with Crippen LogP contribution in [-0.2, 0) is 6.42 Å². The number of hydrogen-bond acceptors (Lipinski definition) is 4. The second kappa shape index (κ2) is 7.35. The molecule has 0 spiro atoms. The van der Waals surface area contributed by atoms with Crippen LogP contribution in [0, 0.1) is 0 Å². The molecule has 6 heteroatoms. The minimum Gasteiger partial charge on any atom is -0.351 e. The summed E-state index contributed by atoms with van der Waals surface area (Å²) >= 11 is 7.09. The van der Waals surface area contributed by atoms with Gasteiger partial charge in [-0.2, -0.15) is 0 Å². The Kier molecular flexibility index (Phi) is 5.00. The highest BCUT2D eigenvalue weighted by Crippen LogP contribution is 2.21. The number of nitrogens with one attached hydrogen (secondary N) is 1. The lowest BCUT2D eigenvalue weighted by Gasteiger charge is -2.04. The topological polar surface area (TPSA) is 54.9 Å². The number of amides is 1. The molecule has 0 saturated carbocycles. The van der Waals surface area contributed by atoms with E-state index in [1.54, 1.807) is 24.5 Å². The number of carbonyl (C=O) groups excluding carboxylic acids is 1. The molecule has 1 aromatic carbocycles. The average molecular weight is 344 g/mol. The van der Waals surface area contributed by atoms with Gasteiger partial charge in [0.25, 0.3) is 5.91 Å². The van der Waals surface area contributed by atoms with Gasteiger partial charge in [-0.1, -0.05) is 41.9 Å². The monoisotopic (exact) mass is 343 g/mol. The summed E-state index contributed by atoms with van der Waals surface area (Å²) in [5, 5.41) is 2.86. The minimum atomic E-state index is -0.108. The number of nitrogens with zero attached hydrogens (tertiary/aromatic N) is 2. The molecule has 23 heavy (non-hydrogen) atoms. The molecule has 0 fully saturated rings. The molecule has 116 valence electrons. The van der Waals surface area contributed by atoms with Crippen molar-refractivity contribution in [2.24, 2.45) is 0 Å². The summed E-state index contributed by atoms with van der Waals surface area (Å²) in [5.41, 5.74) is 1.97. The maximum atomic E-state index is 11.9. The quantitative estimate of drug-likeness (QED) is 0.766. The Hall–Kier alpha value is -2.24. The number of aromatic nitrogens is 2. The lowest BCUT2D eigenvalue weighted by molar-refractivity contribution is 0.0958. The first-order chi connectivity index (χ1) is 11.2. The van der Waals surface area contributed by atoms with Gasteiger partial charge in [0.2, 0.25) is 0 Å². The van der Waals surface area contributed by atoms with E-state index in [2.05, 4.69) is 15.3 Å². The molecule has 2 heterocycles. The first-order valence-corrected chi connectivity index (χ1v) is 8.32. The van der Waals surface area contributed by atoms with Crippen molar-refractivity contribution in [3.63, 3.8) is 0 Å². The predicted molar refractivity (Wildman–Crippen MR) is 92.8 cm³/mol. The number of carbonyl (C=O) groups is 1. The molecule has 0 aliphatic carbocycles. The van der Waals surface area contributed by atoms with E-state index < -0.39 is 0 Å². The molecule has 3 aromatic rings. The molecule has 2 aromatic heterocycles. The summed E-state index contributed by atoms with van der Waals surface area (Å²) in [4.78, 5) is 21.3. The minimum absolute atomic E-state index is 0.108. The summed E-state index contributed by atoms with van der Waals surface area (Å²) in [7, 11) is 0. The normalized spacial score (nSPS) is 10.5. The second-order valence-corrected chi connectivity index (χ2v) is 6.61. The number of benzene rings is 1. The Balaban J connectivity index is 1.54. The van der Waals surface area contributed by atoms with Crippen molar-refractivity contribution in [2.75, 3.05) is 6.54 Å². The summed E-state index contributed by atoms with van der Waals surface area (Å²) in [6, 6.07) is 13.3. The fraction of sp³-hybridized carbons (Fsp3) is 0.118. The third-order valence-electron chi connectivity index (χ3n) is 3.23. The van der Waals surface area contributed by atoms with Crippen LogP contribution in [0.25, 0.3) is 11.4 Å². The van der Waals surface area contributed by atoms with E-state index >= 15 is 0 Å². The molecule has 0 aliphatic rings. The molecule has 3 rings (SSSR count). The lowest BCUT2D eigenvalue weighted by atomic mass is 10.2. The van der Waals surface area contributed by atoms with Gasteiger partial charge < -0.3 is 5.32 Å². The highest BCUT2D eigenvalue weighted by molar-refractivity contribution is 7.17. The first-order valence-electron chi connectivity index (χ1n) is 7.12. The van der Waals surface area contributed by atoms with Gasteiger partial charge in [-0.15, -0.1) is 11.3 Å². The van der Waals surface area contributed by atoms with Crippen molar-refractivity contribution in [3.05, 3.63) is 69.6 Å². The van der Waals surface area contributed by atoms with Crippen LogP contribution >= 0.6 is 22.9 Å². The molecule has 0 aliphatic heterocycles. The zero-order valence-electron chi connectivity index (χ0n) is 12.2. The number of thiophene rings is 1. The summed E-state index contributed by atoms with van der Waals surface area (Å²) < 4.78 is 0.611. The molecule has 0 atom stereocenters. The van der Waals surface area contributed by atoms with Crippen LogP contribution in [0.3, 0.4) is 0 Å². The summed E-state index contributed by atoms with van der Waals surface area (Å²) in [6.45, 7) is 0.530. The van der Waals surface area contributed by atoms with Crippen LogP contribution in [0.2, 0.25) is 4.34 Å². The van der Waals surface area contributed by atoms with Crippen LogP contribution in [0.1, 0.15) is 15.2 Å². The average Bonchev–Trinajstić information content (AvgIpc) is 3.03. The van der Waals surface area contributed by atoms with E-state index in [1.807, 2.05) is 30.3 Å². The Morgan fingerprint density at radius 1 is 1.09 bits per heavy atom. The van der Waals surface area contributed by atoms with Crippen molar-refractivity contribution in [2.45, 2.75) is 6.42 Å². The highest BCUT2D eigenvalue weighted by atomic mass is 35.5. The van der Waals surface area contributed by atoms with E-state index in [-0.39, 0.29) is 5.91 Å². The largest absolute Gasteiger partial charge is 0.351 e.